The number of hydrogen-bond acceptors (Lipinski definition) is 2. The molecule has 0 saturated heterocycles. The molecule has 0 amide bonds. The van der Waals surface area contributed by atoms with Crippen LogP contribution >= 0.6 is 0 Å². The van der Waals surface area contributed by atoms with Gasteiger partial charge in [0.25, 0.3) is 0 Å². The maximum atomic E-state index is 9.95. The van der Waals surface area contributed by atoms with Crippen molar-refractivity contribution in [1.29, 1.82) is 0 Å². The smallest absolute Gasteiger partial charge is 0.0580 e. The second-order valence-corrected chi connectivity index (χ2v) is 6.21. The van der Waals surface area contributed by atoms with Crippen molar-refractivity contribution in [3.05, 3.63) is 0 Å². The van der Waals surface area contributed by atoms with Gasteiger partial charge in [0.05, 0.1) is 6.10 Å². The van der Waals surface area contributed by atoms with Crippen LogP contribution in [0.5, 0.6) is 0 Å². The third kappa shape index (κ3) is 3.96. The Hall–Kier alpha value is -0.0800. The largest absolute Gasteiger partial charge is 0.393 e. The lowest BCUT2D eigenvalue weighted by Crippen LogP contribution is -2.41. The lowest BCUT2D eigenvalue weighted by molar-refractivity contribution is 0.0666. The lowest BCUT2D eigenvalue weighted by atomic mass is 9.83. The van der Waals surface area contributed by atoms with E-state index in [1.165, 1.54) is 51.4 Å². The number of nitrogens with one attached hydrogen (secondary N) is 1. The summed E-state index contributed by atoms with van der Waals surface area (Å²) in [4.78, 5) is 0. The van der Waals surface area contributed by atoms with Crippen LogP contribution in [0.2, 0.25) is 0 Å². The Balaban J connectivity index is 1.69. The van der Waals surface area contributed by atoms with Gasteiger partial charge >= 0.3 is 0 Å². The minimum atomic E-state index is -0.0465. The highest BCUT2D eigenvalue weighted by Crippen LogP contribution is 2.27. The minimum absolute atomic E-state index is 0.0465. The number of aliphatic hydroxyl groups is 1. The van der Waals surface area contributed by atoms with Crippen molar-refractivity contribution >= 4 is 0 Å². The standard InChI is InChI=1S/C15H29NO/c1-12(13-7-3-2-4-8-13)16-11-14-9-5-6-10-15(14)17/h12-17H,2-11H2,1H3. The summed E-state index contributed by atoms with van der Waals surface area (Å²) >= 11 is 0. The molecule has 0 aromatic rings. The molecule has 0 spiro atoms. The van der Waals surface area contributed by atoms with E-state index in [1.54, 1.807) is 0 Å². The van der Waals surface area contributed by atoms with Crippen molar-refractivity contribution in [3.8, 4) is 0 Å². The molecule has 0 aliphatic heterocycles. The van der Waals surface area contributed by atoms with Crippen molar-refractivity contribution < 1.29 is 5.11 Å². The van der Waals surface area contributed by atoms with Crippen LogP contribution < -0.4 is 5.32 Å². The molecule has 2 heteroatoms. The molecular weight excluding hydrogens is 210 g/mol. The van der Waals surface area contributed by atoms with E-state index in [0.29, 0.717) is 12.0 Å². The van der Waals surface area contributed by atoms with Crippen LogP contribution in [-0.4, -0.2) is 23.8 Å². The van der Waals surface area contributed by atoms with Gasteiger partial charge in [-0.25, -0.2) is 0 Å². The normalized spacial score (nSPS) is 33.5. The summed E-state index contributed by atoms with van der Waals surface area (Å²) in [5.74, 6) is 1.39. The number of rotatable bonds is 4. The summed E-state index contributed by atoms with van der Waals surface area (Å²) in [5, 5.41) is 13.6. The van der Waals surface area contributed by atoms with Crippen LogP contribution in [0, 0.1) is 11.8 Å². The maximum absolute atomic E-state index is 9.95. The van der Waals surface area contributed by atoms with Crippen LogP contribution in [0.25, 0.3) is 0 Å². The van der Waals surface area contributed by atoms with Gasteiger partial charge in [0.15, 0.2) is 0 Å². The van der Waals surface area contributed by atoms with E-state index in [2.05, 4.69) is 12.2 Å². The zero-order valence-corrected chi connectivity index (χ0v) is 11.3. The minimum Gasteiger partial charge on any atom is -0.393 e. The van der Waals surface area contributed by atoms with E-state index >= 15 is 0 Å². The van der Waals surface area contributed by atoms with Crippen molar-refractivity contribution in [2.45, 2.75) is 76.9 Å². The molecule has 3 atom stereocenters. The van der Waals surface area contributed by atoms with Crippen LogP contribution in [0.4, 0.5) is 0 Å². The van der Waals surface area contributed by atoms with Gasteiger partial charge in [-0.15, -0.1) is 0 Å². The van der Waals surface area contributed by atoms with E-state index in [9.17, 15) is 5.11 Å². The monoisotopic (exact) mass is 239 g/mol. The SMILES string of the molecule is CC(NCC1CCCCC1O)C1CCCCC1. The number of aliphatic hydroxyl groups excluding tert-OH is 1. The van der Waals surface area contributed by atoms with Crippen LogP contribution in [0.15, 0.2) is 0 Å². The molecule has 2 fully saturated rings. The fourth-order valence-corrected chi connectivity index (χ4v) is 3.56. The van der Waals surface area contributed by atoms with Crippen LogP contribution in [-0.2, 0) is 0 Å². The van der Waals surface area contributed by atoms with Crippen molar-refractivity contribution in [2.24, 2.45) is 11.8 Å². The molecule has 0 heterocycles. The molecule has 17 heavy (non-hydrogen) atoms. The second-order valence-electron chi connectivity index (χ2n) is 6.21. The van der Waals surface area contributed by atoms with Crippen molar-refractivity contribution in [3.63, 3.8) is 0 Å². The van der Waals surface area contributed by atoms with E-state index < -0.39 is 0 Å². The van der Waals surface area contributed by atoms with E-state index in [1.807, 2.05) is 0 Å². The molecule has 0 bridgehead atoms. The molecule has 2 N–H and O–H groups in total. The van der Waals surface area contributed by atoms with Gasteiger partial charge in [-0.05, 0) is 44.4 Å². The van der Waals surface area contributed by atoms with E-state index in [-0.39, 0.29) is 6.10 Å². The zero-order valence-electron chi connectivity index (χ0n) is 11.3. The molecule has 0 aromatic heterocycles. The average Bonchev–Trinajstić information content (AvgIpc) is 2.38. The Morgan fingerprint density at radius 3 is 2.35 bits per heavy atom. The molecule has 0 radical (unpaired) electrons. The van der Waals surface area contributed by atoms with Crippen molar-refractivity contribution in [2.75, 3.05) is 6.54 Å². The zero-order chi connectivity index (χ0) is 12.1. The van der Waals surface area contributed by atoms with Gasteiger partial charge in [0.2, 0.25) is 0 Å². The Labute approximate surface area is 106 Å². The van der Waals surface area contributed by atoms with Crippen LogP contribution in [0.1, 0.15) is 64.7 Å². The third-order valence-corrected chi connectivity index (χ3v) is 4.93. The summed E-state index contributed by atoms with van der Waals surface area (Å²) in [6, 6.07) is 0.643. The third-order valence-electron chi connectivity index (χ3n) is 4.93. The molecule has 2 aliphatic carbocycles. The van der Waals surface area contributed by atoms with Gasteiger partial charge in [0, 0.05) is 12.6 Å². The summed E-state index contributed by atoms with van der Waals surface area (Å²) in [7, 11) is 0. The molecule has 0 aromatic carbocycles. The Kier molecular flexibility index (Phi) is 5.30. The molecule has 2 rings (SSSR count). The van der Waals surface area contributed by atoms with Gasteiger partial charge < -0.3 is 10.4 Å². The summed E-state index contributed by atoms with van der Waals surface area (Å²) in [6.07, 6.45) is 11.8. The second kappa shape index (κ2) is 6.75. The van der Waals surface area contributed by atoms with E-state index in [4.69, 9.17) is 0 Å². The predicted octanol–water partition coefficient (Wildman–Crippen LogP) is 3.10. The molecular formula is C15H29NO. The highest BCUT2D eigenvalue weighted by Gasteiger charge is 2.25. The lowest BCUT2D eigenvalue weighted by Gasteiger charge is -2.32. The Morgan fingerprint density at radius 2 is 1.65 bits per heavy atom. The first-order valence-electron chi connectivity index (χ1n) is 7.69. The van der Waals surface area contributed by atoms with Crippen LogP contribution in [0.3, 0.4) is 0 Å². The van der Waals surface area contributed by atoms with E-state index in [0.717, 1.165) is 18.9 Å². The summed E-state index contributed by atoms with van der Waals surface area (Å²) in [5.41, 5.74) is 0. The fourth-order valence-electron chi connectivity index (χ4n) is 3.56. The topological polar surface area (TPSA) is 32.3 Å². The molecule has 2 aliphatic rings. The van der Waals surface area contributed by atoms with Crippen molar-refractivity contribution in [1.82, 2.24) is 5.32 Å². The Morgan fingerprint density at radius 1 is 1.00 bits per heavy atom. The molecule has 2 nitrogen and oxygen atoms in total. The predicted molar refractivity (Wildman–Crippen MR) is 72.0 cm³/mol. The quantitative estimate of drug-likeness (QED) is 0.790. The molecule has 3 unspecified atom stereocenters. The van der Waals surface area contributed by atoms with Gasteiger partial charge in [0.1, 0.15) is 0 Å². The molecule has 100 valence electrons. The van der Waals surface area contributed by atoms with Gasteiger partial charge in [-0.1, -0.05) is 32.1 Å². The van der Waals surface area contributed by atoms with Gasteiger partial charge in [-0.3, -0.25) is 0 Å². The first kappa shape index (κ1) is 13.4. The number of hydrogen-bond donors (Lipinski definition) is 2. The highest BCUT2D eigenvalue weighted by molar-refractivity contribution is 4.80. The first-order chi connectivity index (χ1) is 8.27. The highest BCUT2D eigenvalue weighted by atomic mass is 16.3. The summed E-state index contributed by atoms with van der Waals surface area (Å²) < 4.78 is 0. The summed E-state index contributed by atoms with van der Waals surface area (Å²) in [6.45, 7) is 3.37. The fraction of sp³-hybridized carbons (Fsp3) is 1.00. The molecule has 2 saturated carbocycles. The first-order valence-corrected chi connectivity index (χ1v) is 7.69. The average molecular weight is 239 g/mol. The Bertz CT molecular complexity index is 213. The maximum Gasteiger partial charge on any atom is 0.0580 e. The van der Waals surface area contributed by atoms with Gasteiger partial charge in [-0.2, -0.15) is 0 Å².